The summed E-state index contributed by atoms with van der Waals surface area (Å²) in [6.07, 6.45) is -13.5. The third-order valence-electron chi connectivity index (χ3n) is 3.86. The summed E-state index contributed by atoms with van der Waals surface area (Å²) in [4.78, 5) is 10.8. The van der Waals surface area contributed by atoms with Crippen molar-refractivity contribution < 1.29 is 54.4 Å². The first-order valence-corrected chi connectivity index (χ1v) is 7.36. The molecular formula is C13H22O11. The van der Waals surface area contributed by atoms with Gasteiger partial charge in [-0.25, -0.2) is 0 Å². The number of carbonyl (C=O) groups excluding carboxylic acids is 1. The van der Waals surface area contributed by atoms with Gasteiger partial charge in [0.15, 0.2) is 12.6 Å². The van der Waals surface area contributed by atoms with E-state index >= 15 is 0 Å². The van der Waals surface area contributed by atoms with E-state index in [0.29, 0.717) is 0 Å². The molecule has 0 unspecified atom stereocenters. The molecule has 0 aromatic rings. The second-order valence-corrected chi connectivity index (χ2v) is 5.70. The molecule has 0 amide bonds. The molecule has 6 N–H and O–H groups in total. The Kier molecular flexibility index (Phi) is 6.47. The zero-order chi connectivity index (χ0) is 18.0. The second-order valence-electron chi connectivity index (χ2n) is 5.70. The fourth-order valence-corrected chi connectivity index (χ4v) is 2.46. The molecule has 11 nitrogen and oxygen atoms in total. The molecule has 9 atom stereocenters. The van der Waals surface area contributed by atoms with Gasteiger partial charge in [-0.1, -0.05) is 0 Å². The Morgan fingerprint density at radius 2 is 1.71 bits per heavy atom. The zero-order valence-corrected chi connectivity index (χ0v) is 12.8. The molecule has 0 aliphatic carbocycles. The van der Waals surface area contributed by atoms with Crippen LogP contribution in [0.15, 0.2) is 0 Å². The van der Waals surface area contributed by atoms with Crippen LogP contribution in [0.2, 0.25) is 0 Å². The predicted octanol–water partition coefficient (Wildman–Crippen LogP) is -4.19. The number of aliphatic hydroxyl groups excluding tert-OH is 6. The third kappa shape index (κ3) is 4.20. The molecule has 0 saturated carbocycles. The first kappa shape index (κ1) is 19.4. The van der Waals surface area contributed by atoms with Crippen LogP contribution < -0.4 is 0 Å². The lowest BCUT2D eigenvalue weighted by atomic mass is 9.98. The minimum Gasteiger partial charge on any atom is -0.463 e. The smallest absolute Gasteiger partial charge is 0.302 e. The molecule has 2 aliphatic rings. The van der Waals surface area contributed by atoms with E-state index in [4.69, 9.17) is 14.2 Å². The summed E-state index contributed by atoms with van der Waals surface area (Å²) in [5.74, 6) is -0.626. The number of hydrogen-bond acceptors (Lipinski definition) is 11. The molecule has 2 aliphatic heterocycles. The van der Waals surface area contributed by atoms with Crippen LogP contribution in [-0.4, -0.2) is 105 Å². The van der Waals surface area contributed by atoms with E-state index in [1.54, 1.807) is 0 Å². The number of rotatable bonds is 4. The van der Waals surface area contributed by atoms with Crippen LogP contribution in [0, 0.1) is 0 Å². The summed E-state index contributed by atoms with van der Waals surface area (Å²) in [5, 5.41) is 58.7. The average Bonchev–Trinajstić information content (AvgIpc) is 2.53. The van der Waals surface area contributed by atoms with Crippen molar-refractivity contribution in [1.82, 2.24) is 0 Å². The van der Waals surface area contributed by atoms with E-state index in [1.165, 1.54) is 0 Å². The summed E-state index contributed by atoms with van der Waals surface area (Å²) in [7, 11) is 0. The first-order valence-electron chi connectivity index (χ1n) is 7.36. The Labute approximate surface area is 136 Å². The first-order chi connectivity index (χ1) is 11.2. The molecule has 2 saturated heterocycles. The van der Waals surface area contributed by atoms with Crippen molar-refractivity contribution in [3.8, 4) is 0 Å². The van der Waals surface area contributed by atoms with E-state index in [0.717, 1.165) is 6.92 Å². The normalized spacial score (nSPS) is 46.5. The maximum absolute atomic E-state index is 10.8. The van der Waals surface area contributed by atoms with Gasteiger partial charge in [0, 0.05) is 6.92 Å². The van der Waals surface area contributed by atoms with Gasteiger partial charge in [0.25, 0.3) is 0 Å². The van der Waals surface area contributed by atoms with Gasteiger partial charge in [0.1, 0.15) is 49.3 Å². The zero-order valence-electron chi connectivity index (χ0n) is 12.8. The van der Waals surface area contributed by atoms with Crippen molar-refractivity contribution in [2.45, 2.75) is 62.2 Å². The van der Waals surface area contributed by atoms with E-state index in [2.05, 4.69) is 4.74 Å². The van der Waals surface area contributed by atoms with E-state index in [-0.39, 0.29) is 13.2 Å². The second kappa shape index (κ2) is 7.99. The Morgan fingerprint density at radius 3 is 2.33 bits per heavy atom. The van der Waals surface area contributed by atoms with Gasteiger partial charge >= 0.3 is 5.97 Å². The Balaban J connectivity index is 1.97. The van der Waals surface area contributed by atoms with Crippen molar-refractivity contribution >= 4 is 5.97 Å². The van der Waals surface area contributed by atoms with Gasteiger partial charge in [-0.05, 0) is 0 Å². The molecule has 2 fully saturated rings. The third-order valence-corrected chi connectivity index (χ3v) is 3.86. The van der Waals surface area contributed by atoms with Gasteiger partial charge in [-0.2, -0.15) is 0 Å². The van der Waals surface area contributed by atoms with Gasteiger partial charge in [0.05, 0.1) is 6.61 Å². The largest absolute Gasteiger partial charge is 0.463 e. The fraction of sp³-hybridized carbons (Fsp3) is 0.923. The van der Waals surface area contributed by atoms with E-state index in [9.17, 15) is 35.4 Å². The van der Waals surface area contributed by atoms with E-state index < -0.39 is 61.3 Å². The number of aliphatic hydroxyl groups is 6. The molecule has 2 rings (SSSR count). The molecule has 24 heavy (non-hydrogen) atoms. The van der Waals surface area contributed by atoms with Crippen LogP contribution in [-0.2, 0) is 23.7 Å². The highest BCUT2D eigenvalue weighted by Gasteiger charge is 2.48. The highest BCUT2D eigenvalue weighted by atomic mass is 16.7. The van der Waals surface area contributed by atoms with Gasteiger partial charge < -0.3 is 49.6 Å². The average molecular weight is 354 g/mol. The quantitative estimate of drug-likeness (QED) is 0.270. The fourth-order valence-electron chi connectivity index (χ4n) is 2.46. The standard InChI is InChI=1S/C13H22O11/c1-4(14)21-3-6-8(17)9(18)11(12(20)23-6)24-13-10(19)7(16)5(15)2-22-13/h5-13,15-20H,2-3H2,1H3/t5-,6-,7+,8-,9+,10-,11-,12-,13+/m1/s1. The highest BCUT2D eigenvalue weighted by molar-refractivity contribution is 5.65. The van der Waals surface area contributed by atoms with Crippen LogP contribution in [0.3, 0.4) is 0 Å². The Hall–Kier alpha value is -0.890. The van der Waals surface area contributed by atoms with Gasteiger partial charge in [-0.15, -0.1) is 0 Å². The highest BCUT2D eigenvalue weighted by Crippen LogP contribution is 2.26. The maximum Gasteiger partial charge on any atom is 0.302 e. The number of hydrogen-bond donors (Lipinski definition) is 6. The molecule has 0 aromatic heterocycles. The van der Waals surface area contributed by atoms with Crippen LogP contribution in [0.25, 0.3) is 0 Å². The lowest BCUT2D eigenvalue weighted by Crippen LogP contribution is -2.62. The van der Waals surface area contributed by atoms with Crippen molar-refractivity contribution in [2.75, 3.05) is 13.2 Å². The van der Waals surface area contributed by atoms with Crippen LogP contribution >= 0.6 is 0 Å². The van der Waals surface area contributed by atoms with Crippen LogP contribution in [0.5, 0.6) is 0 Å². The molecule has 0 radical (unpaired) electrons. The summed E-state index contributed by atoms with van der Waals surface area (Å²) < 4.78 is 19.9. The van der Waals surface area contributed by atoms with Crippen molar-refractivity contribution in [3.63, 3.8) is 0 Å². The topological polar surface area (TPSA) is 175 Å². The number of esters is 1. The number of carbonyl (C=O) groups is 1. The molecule has 140 valence electrons. The molecule has 11 heteroatoms. The monoisotopic (exact) mass is 354 g/mol. The molecule has 0 aromatic carbocycles. The predicted molar refractivity (Wildman–Crippen MR) is 72.2 cm³/mol. The lowest BCUT2D eigenvalue weighted by molar-refractivity contribution is -0.349. The van der Waals surface area contributed by atoms with Gasteiger partial charge in [0.2, 0.25) is 0 Å². The summed E-state index contributed by atoms with van der Waals surface area (Å²) in [6.45, 7) is 0.431. The molecule has 2 heterocycles. The van der Waals surface area contributed by atoms with Crippen molar-refractivity contribution in [3.05, 3.63) is 0 Å². The minimum atomic E-state index is -1.72. The number of ether oxygens (including phenoxy) is 4. The minimum absolute atomic E-state index is 0.333. The van der Waals surface area contributed by atoms with Crippen molar-refractivity contribution in [2.24, 2.45) is 0 Å². The van der Waals surface area contributed by atoms with Crippen molar-refractivity contribution in [1.29, 1.82) is 0 Å². The molecule has 0 bridgehead atoms. The van der Waals surface area contributed by atoms with Crippen LogP contribution in [0.4, 0.5) is 0 Å². The lowest BCUT2D eigenvalue weighted by Gasteiger charge is -2.43. The van der Waals surface area contributed by atoms with Gasteiger partial charge in [-0.3, -0.25) is 4.79 Å². The van der Waals surface area contributed by atoms with Crippen LogP contribution in [0.1, 0.15) is 6.92 Å². The summed E-state index contributed by atoms with van der Waals surface area (Å²) in [5.41, 5.74) is 0. The Morgan fingerprint density at radius 1 is 1.04 bits per heavy atom. The summed E-state index contributed by atoms with van der Waals surface area (Å²) in [6, 6.07) is 0. The Bertz CT molecular complexity index is 432. The SMILES string of the molecule is CC(=O)OC[C@H]1O[C@@H](O)[C@H](O[C@@H]2OC[C@@H](O)[C@H](O)[C@H]2O)[C@@H](O)[C@@H]1O. The molecular weight excluding hydrogens is 332 g/mol. The maximum atomic E-state index is 10.8. The summed E-state index contributed by atoms with van der Waals surface area (Å²) >= 11 is 0. The van der Waals surface area contributed by atoms with E-state index in [1.807, 2.05) is 0 Å². The molecule has 0 spiro atoms.